The smallest absolute Gasteiger partial charge is 0.338 e. The molecule has 0 bridgehead atoms. The molecule has 2 aromatic carbocycles. The lowest BCUT2D eigenvalue weighted by Crippen LogP contribution is -2.13. The Morgan fingerprint density at radius 3 is 2.39 bits per heavy atom. The fraction of sp³-hybridized carbons (Fsp3) is 0.190. The van der Waals surface area contributed by atoms with E-state index in [2.05, 4.69) is 5.32 Å². The number of nitrogens with zero attached hydrogens (tertiary/aromatic N) is 1. The van der Waals surface area contributed by atoms with Crippen LogP contribution in [0.2, 0.25) is 0 Å². The van der Waals surface area contributed by atoms with E-state index >= 15 is 0 Å². The highest BCUT2D eigenvalue weighted by Crippen LogP contribution is 2.26. The zero-order chi connectivity index (χ0) is 20.5. The lowest BCUT2D eigenvalue weighted by molar-refractivity contribution is -0.112. The highest BCUT2D eigenvalue weighted by atomic mass is 16.5. The molecule has 0 aliphatic heterocycles. The van der Waals surface area contributed by atoms with Gasteiger partial charge in [-0.3, -0.25) is 4.79 Å². The van der Waals surface area contributed by atoms with Gasteiger partial charge in [0, 0.05) is 17.3 Å². The Morgan fingerprint density at radius 1 is 1.11 bits per heavy atom. The number of methoxy groups -OCH3 is 2. The number of benzene rings is 2. The van der Waals surface area contributed by atoms with E-state index in [0.717, 1.165) is 0 Å². The Morgan fingerprint density at radius 2 is 1.82 bits per heavy atom. The van der Waals surface area contributed by atoms with E-state index in [1.54, 1.807) is 37.3 Å². The zero-order valence-corrected chi connectivity index (χ0v) is 15.8. The number of hydrogen-bond acceptors (Lipinski definition) is 6. The third kappa shape index (κ3) is 5.11. The summed E-state index contributed by atoms with van der Waals surface area (Å²) in [6.45, 7) is 2.00. The summed E-state index contributed by atoms with van der Waals surface area (Å²) in [5.74, 6) is 0.0474. The number of carbonyl (C=O) groups is 2. The number of carbonyl (C=O) groups excluding carboxylic acids is 2. The fourth-order valence-electron chi connectivity index (χ4n) is 2.34. The predicted octanol–water partition coefficient (Wildman–Crippen LogP) is 3.43. The van der Waals surface area contributed by atoms with Crippen LogP contribution >= 0.6 is 0 Å². The molecule has 144 valence electrons. The van der Waals surface area contributed by atoms with E-state index < -0.39 is 11.9 Å². The molecule has 0 saturated carbocycles. The molecule has 2 rings (SSSR count). The van der Waals surface area contributed by atoms with E-state index in [1.807, 2.05) is 6.07 Å². The van der Waals surface area contributed by atoms with Crippen LogP contribution in [-0.2, 0) is 9.53 Å². The standard InChI is InChI=1S/C21H20N2O5/c1-4-28-21(25)14-5-8-17(9-6-14)23-20(24)16(13-22)11-15-7-10-18(26-2)12-19(15)27-3/h5-12H,4H2,1-3H3,(H,23,24)/b16-11+. The number of amides is 1. The van der Waals surface area contributed by atoms with Crippen molar-refractivity contribution in [3.05, 3.63) is 59.2 Å². The molecule has 0 heterocycles. The minimum Gasteiger partial charge on any atom is -0.497 e. The van der Waals surface area contributed by atoms with Crippen LogP contribution < -0.4 is 14.8 Å². The summed E-state index contributed by atoms with van der Waals surface area (Å²) in [7, 11) is 3.02. The molecular weight excluding hydrogens is 360 g/mol. The van der Waals surface area contributed by atoms with Gasteiger partial charge in [-0.2, -0.15) is 5.26 Å². The first kappa shape index (κ1) is 20.5. The molecule has 1 N–H and O–H groups in total. The second-order valence-corrected chi connectivity index (χ2v) is 5.53. The van der Waals surface area contributed by atoms with Gasteiger partial charge in [0.15, 0.2) is 0 Å². The molecule has 0 aromatic heterocycles. The molecule has 0 radical (unpaired) electrons. The quantitative estimate of drug-likeness (QED) is 0.449. The van der Waals surface area contributed by atoms with Gasteiger partial charge in [0.05, 0.1) is 26.4 Å². The molecule has 0 saturated heterocycles. The van der Waals surface area contributed by atoms with Gasteiger partial charge in [0.25, 0.3) is 5.91 Å². The van der Waals surface area contributed by atoms with Gasteiger partial charge >= 0.3 is 5.97 Å². The summed E-state index contributed by atoms with van der Waals surface area (Å²) in [6, 6.07) is 13.1. The third-order valence-corrected chi connectivity index (χ3v) is 3.76. The number of nitriles is 1. The Balaban J connectivity index is 2.19. The van der Waals surface area contributed by atoms with Crippen molar-refractivity contribution >= 4 is 23.6 Å². The number of anilines is 1. The van der Waals surface area contributed by atoms with Gasteiger partial charge in [0.2, 0.25) is 0 Å². The number of nitrogens with one attached hydrogen (secondary N) is 1. The first-order chi connectivity index (χ1) is 13.5. The van der Waals surface area contributed by atoms with E-state index in [9.17, 15) is 14.9 Å². The molecule has 0 fully saturated rings. The molecule has 0 spiro atoms. The normalized spacial score (nSPS) is 10.6. The SMILES string of the molecule is CCOC(=O)c1ccc(NC(=O)/C(C#N)=C/c2ccc(OC)cc2OC)cc1. The van der Waals surface area contributed by atoms with Gasteiger partial charge in [-0.25, -0.2) is 4.79 Å². The highest BCUT2D eigenvalue weighted by molar-refractivity contribution is 6.10. The van der Waals surface area contributed by atoms with Crippen LogP contribution in [0.4, 0.5) is 5.69 Å². The van der Waals surface area contributed by atoms with Crippen molar-refractivity contribution in [2.75, 3.05) is 26.1 Å². The Kier molecular flexibility index (Phi) is 7.17. The Bertz CT molecular complexity index is 927. The van der Waals surface area contributed by atoms with Gasteiger partial charge in [0.1, 0.15) is 23.1 Å². The van der Waals surface area contributed by atoms with Crippen molar-refractivity contribution in [2.24, 2.45) is 0 Å². The minimum atomic E-state index is -0.579. The average Bonchev–Trinajstić information content (AvgIpc) is 2.72. The largest absolute Gasteiger partial charge is 0.497 e. The van der Waals surface area contributed by atoms with Crippen LogP contribution in [0.5, 0.6) is 11.5 Å². The van der Waals surface area contributed by atoms with Crippen LogP contribution in [0.3, 0.4) is 0 Å². The molecule has 7 nitrogen and oxygen atoms in total. The molecule has 28 heavy (non-hydrogen) atoms. The minimum absolute atomic E-state index is 0.0991. The van der Waals surface area contributed by atoms with Gasteiger partial charge < -0.3 is 19.5 Å². The summed E-state index contributed by atoms with van der Waals surface area (Å²) < 4.78 is 15.3. The summed E-state index contributed by atoms with van der Waals surface area (Å²) in [6.07, 6.45) is 1.43. The Hall–Kier alpha value is -3.79. The van der Waals surface area contributed by atoms with Gasteiger partial charge in [-0.1, -0.05) is 0 Å². The second-order valence-electron chi connectivity index (χ2n) is 5.53. The zero-order valence-electron chi connectivity index (χ0n) is 15.8. The molecule has 1 amide bonds. The molecule has 0 atom stereocenters. The first-order valence-electron chi connectivity index (χ1n) is 8.44. The maximum absolute atomic E-state index is 12.4. The summed E-state index contributed by atoms with van der Waals surface area (Å²) >= 11 is 0. The summed E-state index contributed by atoms with van der Waals surface area (Å²) in [5, 5.41) is 12.0. The molecule has 0 aliphatic rings. The number of rotatable bonds is 7. The van der Waals surface area contributed by atoms with Crippen molar-refractivity contribution in [3.8, 4) is 17.6 Å². The predicted molar refractivity (Wildman–Crippen MR) is 104 cm³/mol. The Labute approximate surface area is 163 Å². The lowest BCUT2D eigenvalue weighted by Gasteiger charge is -2.09. The van der Waals surface area contributed by atoms with E-state index in [0.29, 0.717) is 28.3 Å². The molecular formula is C21H20N2O5. The van der Waals surface area contributed by atoms with Crippen molar-refractivity contribution < 1.29 is 23.8 Å². The summed E-state index contributed by atoms with van der Waals surface area (Å²) in [5.41, 5.74) is 1.28. The van der Waals surface area contributed by atoms with E-state index in [1.165, 1.54) is 32.4 Å². The summed E-state index contributed by atoms with van der Waals surface area (Å²) in [4.78, 5) is 24.1. The number of ether oxygens (including phenoxy) is 3. The van der Waals surface area contributed by atoms with Crippen molar-refractivity contribution in [1.82, 2.24) is 0 Å². The van der Waals surface area contributed by atoms with Crippen molar-refractivity contribution in [3.63, 3.8) is 0 Å². The number of hydrogen-bond donors (Lipinski definition) is 1. The van der Waals surface area contributed by atoms with Crippen LogP contribution in [0.15, 0.2) is 48.0 Å². The highest BCUT2D eigenvalue weighted by Gasteiger charge is 2.13. The molecule has 2 aromatic rings. The number of esters is 1. The third-order valence-electron chi connectivity index (χ3n) is 3.76. The average molecular weight is 380 g/mol. The van der Waals surface area contributed by atoms with Crippen LogP contribution in [-0.4, -0.2) is 32.7 Å². The molecule has 7 heteroatoms. The monoisotopic (exact) mass is 380 g/mol. The molecule has 0 unspecified atom stereocenters. The maximum Gasteiger partial charge on any atom is 0.338 e. The van der Waals surface area contributed by atoms with Crippen molar-refractivity contribution in [1.29, 1.82) is 5.26 Å². The van der Waals surface area contributed by atoms with Crippen LogP contribution in [0.1, 0.15) is 22.8 Å². The second kappa shape index (κ2) is 9.78. The first-order valence-corrected chi connectivity index (χ1v) is 8.44. The molecule has 0 aliphatic carbocycles. The van der Waals surface area contributed by atoms with E-state index in [4.69, 9.17) is 14.2 Å². The van der Waals surface area contributed by atoms with Crippen molar-refractivity contribution in [2.45, 2.75) is 6.92 Å². The van der Waals surface area contributed by atoms with Gasteiger partial charge in [-0.05, 0) is 49.4 Å². The van der Waals surface area contributed by atoms with Gasteiger partial charge in [-0.15, -0.1) is 0 Å². The topological polar surface area (TPSA) is 97.7 Å². The maximum atomic E-state index is 12.4. The van der Waals surface area contributed by atoms with Crippen LogP contribution in [0, 0.1) is 11.3 Å². The van der Waals surface area contributed by atoms with Crippen LogP contribution in [0.25, 0.3) is 6.08 Å². The van der Waals surface area contributed by atoms with E-state index in [-0.39, 0.29) is 12.2 Å². The fourth-order valence-corrected chi connectivity index (χ4v) is 2.34. The lowest BCUT2D eigenvalue weighted by atomic mass is 10.1.